The second kappa shape index (κ2) is 16.5. The Hall–Kier alpha value is -9.50. The van der Waals surface area contributed by atoms with Crippen molar-refractivity contribution in [2.45, 2.75) is 10.8 Å². The SMILES string of the molecule is c1ccc(C2(c3ccccc3)c3ccccc3-c3ccc(N(c4ccc5c(c4)C(c4ccccc4)(c4ccccc4)c4ccccc4-5)c4ccc5c(ccc6cc(-c7cccc8ccoc78)ccc65)c4)cc32)cc1. The van der Waals surface area contributed by atoms with Gasteiger partial charge in [-0.2, -0.15) is 0 Å². The number of furan rings is 1. The molecular weight excluding hydrogens is 895 g/mol. The van der Waals surface area contributed by atoms with Crippen LogP contribution < -0.4 is 4.90 Å². The maximum absolute atomic E-state index is 5.98. The smallest absolute Gasteiger partial charge is 0.141 e. The number of benzene rings is 12. The van der Waals surface area contributed by atoms with Crippen molar-refractivity contribution in [3.63, 3.8) is 0 Å². The lowest BCUT2D eigenvalue weighted by Crippen LogP contribution is -2.29. The van der Waals surface area contributed by atoms with E-state index in [0.717, 1.165) is 39.2 Å². The molecular formula is C72H47NO. The van der Waals surface area contributed by atoms with Crippen molar-refractivity contribution in [2.75, 3.05) is 4.90 Å². The fraction of sp³-hybridized carbons (Fsp3) is 0.0278. The Balaban J connectivity index is 0.978. The third kappa shape index (κ3) is 6.06. The van der Waals surface area contributed by atoms with Crippen LogP contribution in [0.5, 0.6) is 0 Å². The van der Waals surface area contributed by atoms with Gasteiger partial charge in [0, 0.05) is 28.0 Å². The number of para-hydroxylation sites is 1. The number of fused-ring (bicyclic) bond motifs is 10. The summed E-state index contributed by atoms with van der Waals surface area (Å²) in [5, 5.41) is 5.90. The van der Waals surface area contributed by atoms with Crippen LogP contribution in [-0.4, -0.2) is 0 Å². The number of hydrogen-bond acceptors (Lipinski definition) is 2. The Kier molecular flexibility index (Phi) is 9.43. The van der Waals surface area contributed by atoms with Gasteiger partial charge in [0.2, 0.25) is 0 Å². The third-order valence-electron chi connectivity index (χ3n) is 16.3. The highest BCUT2D eigenvalue weighted by Gasteiger charge is 2.48. The van der Waals surface area contributed by atoms with Crippen molar-refractivity contribution in [1.82, 2.24) is 0 Å². The van der Waals surface area contributed by atoms with Gasteiger partial charge in [-0.15, -0.1) is 0 Å². The molecule has 2 nitrogen and oxygen atoms in total. The van der Waals surface area contributed by atoms with Gasteiger partial charge in [0.15, 0.2) is 0 Å². The van der Waals surface area contributed by atoms with E-state index >= 15 is 0 Å². The molecule has 74 heavy (non-hydrogen) atoms. The molecule has 0 aliphatic heterocycles. The molecule has 0 saturated carbocycles. The molecule has 2 heteroatoms. The maximum Gasteiger partial charge on any atom is 0.141 e. The molecule has 0 unspecified atom stereocenters. The van der Waals surface area contributed by atoms with Crippen molar-refractivity contribution in [3.8, 4) is 33.4 Å². The first kappa shape index (κ1) is 42.2. The minimum Gasteiger partial charge on any atom is -0.464 e. The lowest BCUT2D eigenvalue weighted by atomic mass is 9.67. The van der Waals surface area contributed by atoms with Crippen LogP contribution in [0.3, 0.4) is 0 Å². The predicted octanol–water partition coefficient (Wildman–Crippen LogP) is 18.6. The molecule has 0 saturated heterocycles. The predicted molar refractivity (Wildman–Crippen MR) is 306 cm³/mol. The summed E-state index contributed by atoms with van der Waals surface area (Å²) in [5.74, 6) is 0. The summed E-state index contributed by atoms with van der Waals surface area (Å²) < 4.78 is 5.98. The average molecular weight is 942 g/mol. The second-order valence-electron chi connectivity index (χ2n) is 19.9. The fourth-order valence-electron chi connectivity index (χ4n) is 13.2. The van der Waals surface area contributed by atoms with E-state index in [1.165, 1.54) is 88.3 Å². The first-order chi connectivity index (χ1) is 36.7. The molecule has 0 fully saturated rings. The molecule has 1 aromatic heterocycles. The molecule has 0 spiro atoms. The zero-order valence-electron chi connectivity index (χ0n) is 40.5. The summed E-state index contributed by atoms with van der Waals surface area (Å²) in [6.45, 7) is 0. The molecule has 2 aliphatic carbocycles. The largest absolute Gasteiger partial charge is 0.464 e. The van der Waals surface area contributed by atoms with Gasteiger partial charge in [-0.05, 0) is 142 Å². The Morgan fingerprint density at radius 3 is 1.22 bits per heavy atom. The topological polar surface area (TPSA) is 16.4 Å². The minimum absolute atomic E-state index is 0.560. The van der Waals surface area contributed by atoms with Crippen LogP contribution in [0, 0.1) is 0 Å². The molecule has 0 atom stereocenters. The van der Waals surface area contributed by atoms with Crippen molar-refractivity contribution in [2.24, 2.45) is 0 Å². The van der Waals surface area contributed by atoms with E-state index < -0.39 is 10.8 Å². The standard InChI is InChI=1S/C72H47NO/c1-5-19-52(20-6-1)71(53-21-7-2-8-22-53)66-30-15-13-27-62(66)64-40-36-57(46-68(64)71)73(56-35-39-60-51(45-56)33-32-49-44-50(34-38-59(49)60)61-29-17-18-48-42-43-74-70(48)61)58-37-41-65-63-28-14-16-31-67(63)72(69(65)47-58,54-23-9-3-10-24-54)55-25-11-4-12-26-55/h1-47H. The number of rotatable bonds is 8. The highest BCUT2D eigenvalue weighted by atomic mass is 16.3. The Labute approximate surface area is 430 Å². The van der Waals surface area contributed by atoms with Crippen LogP contribution in [-0.2, 0) is 10.8 Å². The zero-order valence-corrected chi connectivity index (χ0v) is 40.5. The maximum atomic E-state index is 5.98. The molecule has 12 aromatic carbocycles. The molecule has 15 rings (SSSR count). The second-order valence-corrected chi connectivity index (χ2v) is 19.9. The third-order valence-corrected chi connectivity index (χ3v) is 16.3. The molecule has 1 heterocycles. The highest BCUT2D eigenvalue weighted by Crippen LogP contribution is 2.59. The lowest BCUT2D eigenvalue weighted by Gasteiger charge is -2.36. The van der Waals surface area contributed by atoms with E-state index in [0.29, 0.717) is 0 Å². The van der Waals surface area contributed by atoms with E-state index in [4.69, 9.17) is 4.42 Å². The monoisotopic (exact) mass is 941 g/mol. The number of hydrogen-bond donors (Lipinski definition) is 0. The Bertz CT molecular complexity index is 4050. The Morgan fingerprint density at radius 2 is 0.689 bits per heavy atom. The summed E-state index contributed by atoms with van der Waals surface area (Å²) in [6, 6.07) is 104. The van der Waals surface area contributed by atoms with Gasteiger partial charge in [0.05, 0.1) is 17.1 Å². The lowest BCUT2D eigenvalue weighted by molar-refractivity contribution is 0.617. The van der Waals surface area contributed by atoms with Crippen LogP contribution >= 0.6 is 0 Å². The van der Waals surface area contributed by atoms with Crippen LogP contribution in [0.25, 0.3) is 65.9 Å². The van der Waals surface area contributed by atoms with Gasteiger partial charge in [-0.25, -0.2) is 0 Å². The fourth-order valence-corrected chi connectivity index (χ4v) is 13.2. The van der Waals surface area contributed by atoms with Crippen molar-refractivity contribution < 1.29 is 4.42 Å². The van der Waals surface area contributed by atoms with Crippen LogP contribution in [0.1, 0.15) is 44.5 Å². The van der Waals surface area contributed by atoms with Gasteiger partial charge < -0.3 is 9.32 Å². The zero-order chi connectivity index (χ0) is 48.8. The Morgan fingerprint density at radius 1 is 0.270 bits per heavy atom. The molecule has 13 aromatic rings. The summed E-state index contributed by atoms with van der Waals surface area (Å²) >= 11 is 0. The number of nitrogens with zero attached hydrogens (tertiary/aromatic N) is 1. The molecule has 0 radical (unpaired) electrons. The molecule has 346 valence electrons. The summed E-state index contributed by atoms with van der Waals surface area (Å²) in [4.78, 5) is 2.50. The van der Waals surface area contributed by atoms with Crippen molar-refractivity contribution >= 4 is 49.6 Å². The van der Waals surface area contributed by atoms with Crippen LogP contribution in [0.4, 0.5) is 17.1 Å². The summed E-state index contributed by atoms with van der Waals surface area (Å²) in [7, 11) is 0. The minimum atomic E-state index is -0.560. The summed E-state index contributed by atoms with van der Waals surface area (Å²) in [5.41, 5.74) is 20.4. The molecule has 0 N–H and O–H groups in total. The van der Waals surface area contributed by atoms with E-state index in [-0.39, 0.29) is 0 Å². The van der Waals surface area contributed by atoms with Gasteiger partial charge in [-0.3, -0.25) is 0 Å². The highest BCUT2D eigenvalue weighted by molar-refractivity contribution is 6.10. The van der Waals surface area contributed by atoms with Gasteiger partial charge in [-0.1, -0.05) is 231 Å². The van der Waals surface area contributed by atoms with E-state index in [9.17, 15) is 0 Å². The number of anilines is 3. The van der Waals surface area contributed by atoms with Gasteiger partial charge in [0.1, 0.15) is 5.58 Å². The van der Waals surface area contributed by atoms with Crippen molar-refractivity contribution in [1.29, 1.82) is 0 Å². The van der Waals surface area contributed by atoms with Crippen LogP contribution in [0.2, 0.25) is 0 Å². The average Bonchev–Trinajstić information content (AvgIpc) is 4.21. The summed E-state index contributed by atoms with van der Waals surface area (Å²) in [6.07, 6.45) is 1.78. The van der Waals surface area contributed by atoms with Gasteiger partial charge in [0.25, 0.3) is 0 Å². The normalized spacial score (nSPS) is 13.6. The molecule has 2 aliphatic rings. The molecule has 0 bridgehead atoms. The quantitative estimate of drug-likeness (QED) is 0.141. The van der Waals surface area contributed by atoms with Gasteiger partial charge >= 0.3 is 0 Å². The van der Waals surface area contributed by atoms with E-state index in [1.807, 2.05) is 6.07 Å². The first-order valence-electron chi connectivity index (χ1n) is 25.6. The molecule has 0 amide bonds. The van der Waals surface area contributed by atoms with E-state index in [1.54, 1.807) is 6.26 Å². The van der Waals surface area contributed by atoms with E-state index in [2.05, 4.69) is 278 Å². The van der Waals surface area contributed by atoms with Crippen LogP contribution in [0.15, 0.2) is 290 Å². The van der Waals surface area contributed by atoms with Crippen molar-refractivity contribution in [3.05, 3.63) is 330 Å². The first-order valence-corrected chi connectivity index (χ1v) is 25.6.